The first-order valence-corrected chi connectivity index (χ1v) is 4.75. The Morgan fingerprint density at radius 3 is 2.21 bits per heavy atom. The molecular weight excluding hydrogens is 204 g/mol. The Morgan fingerprint density at radius 2 is 1.86 bits per heavy atom. The van der Waals surface area contributed by atoms with Crippen LogP contribution < -0.4 is 10.6 Å². The fourth-order valence-electron chi connectivity index (χ4n) is 0.774. The van der Waals surface area contributed by atoms with Crippen molar-refractivity contribution in [2.45, 2.75) is 19.9 Å². The molecule has 0 aliphatic carbocycles. The highest BCUT2D eigenvalue weighted by atomic mass is 32.1. The molecule has 0 bridgehead atoms. The van der Waals surface area contributed by atoms with Gasteiger partial charge in [-0.05, 0) is 6.92 Å². The number of ketones is 1. The maximum Gasteiger partial charge on any atom is 0.243 e. The van der Waals surface area contributed by atoms with Crippen molar-refractivity contribution in [1.82, 2.24) is 10.6 Å². The Morgan fingerprint density at radius 1 is 1.29 bits per heavy atom. The molecule has 1 atom stereocenters. The van der Waals surface area contributed by atoms with Gasteiger partial charge in [0.15, 0.2) is 0 Å². The lowest BCUT2D eigenvalue weighted by Gasteiger charge is -2.14. The van der Waals surface area contributed by atoms with Gasteiger partial charge in [-0.3, -0.25) is 14.4 Å². The van der Waals surface area contributed by atoms with E-state index in [9.17, 15) is 14.4 Å². The van der Waals surface area contributed by atoms with Crippen LogP contribution in [0.3, 0.4) is 0 Å². The number of carbonyl (C=O) groups is 3. The first-order chi connectivity index (χ1) is 6.47. The normalized spacial score (nSPS) is 11.6. The average molecular weight is 218 g/mol. The van der Waals surface area contributed by atoms with Crippen molar-refractivity contribution >= 4 is 30.2 Å². The molecule has 0 aromatic rings. The molecule has 0 saturated heterocycles. The van der Waals surface area contributed by atoms with Crippen LogP contribution in [0.15, 0.2) is 0 Å². The summed E-state index contributed by atoms with van der Waals surface area (Å²) in [7, 11) is 0. The summed E-state index contributed by atoms with van der Waals surface area (Å²) in [5, 5.41) is 4.80. The molecule has 0 saturated carbocycles. The van der Waals surface area contributed by atoms with Gasteiger partial charge in [0.25, 0.3) is 0 Å². The van der Waals surface area contributed by atoms with Gasteiger partial charge in [-0.1, -0.05) is 0 Å². The van der Waals surface area contributed by atoms with E-state index in [-0.39, 0.29) is 24.0 Å². The molecule has 0 fully saturated rings. The van der Waals surface area contributed by atoms with Crippen LogP contribution in [0.2, 0.25) is 0 Å². The summed E-state index contributed by atoms with van der Waals surface area (Å²) in [6, 6.07) is -0.685. The van der Waals surface area contributed by atoms with Crippen molar-refractivity contribution in [2.75, 3.05) is 12.3 Å². The molecule has 0 spiro atoms. The number of amides is 2. The second-order valence-electron chi connectivity index (χ2n) is 2.86. The SMILES string of the molecule is CC(=O)CNC(=O)[C@H](CS)NC(C)=O. The van der Waals surface area contributed by atoms with Gasteiger partial charge in [-0.25, -0.2) is 0 Å². The molecule has 0 radical (unpaired) electrons. The third-order valence-electron chi connectivity index (χ3n) is 1.39. The van der Waals surface area contributed by atoms with Crippen LogP contribution >= 0.6 is 12.6 Å². The smallest absolute Gasteiger partial charge is 0.243 e. The minimum atomic E-state index is -0.685. The van der Waals surface area contributed by atoms with Crippen LogP contribution in [-0.2, 0) is 14.4 Å². The Labute approximate surface area is 88.0 Å². The maximum atomic E-state index is 11.3. The lowest BCUT2D eigenvalue weighted by molar-refractivity contribution is -0.128. The zero-order valence-electron chi connectivity index (χ0n) is 8.16. The molecule has 6 heteroatoms. The van der Waals surface area contributed by atoms with Crippen LogP contribution in [0.5, 0.6) is 0 Å². The van der Waals surface area contributed by atoms with Crippen LogP contribution in [0.4, 0.5) is 0 Å². The largest absolute Gasteiger partial charge is 0.347 e. The zero-order valence-corrected chi connectivity index (χ0v) is 9.06. The number of hydrogen-bond donors (Lipinski definition) is 3. The molecule has 2 amide bonds. The van der Waals surface area contributed by atoms with E-state index in [4.69, 9.17) is 0 Å². The minimum absolute atomic E-state index is 0.0251. The van der Waals surface area contributed by atoms with Crippen molar-refractivity contribution in [1.29, 1.82) is 0 Å². The molecule has 0 aromatic heterocycles. The highest BCUT2D eigenvalue weighted by molar-refractivity contribution is 7.80. The van der Waals surface area contributed by atoms with Gasteiger partial charge in [0.05, 0.1) is 6.54 Å². The van der Waals surface area contributed by atoms with Crippen LogP contribution in [0.1, 0.15) is 13.8 Å². The number of hydrogen-bond acceptors (Lipinski definition) is 4. The van der Waals surface area contributed by atoms with Crippen molar-refractivity contribution < 1.29 is 14.4 Å². The molecule has 2 N–H and O–H groups in total. The fraction of sp³-hybridized carbons (Fsp3) is 0.625. The third-order valence-corrected chi connectivity index (χ3v) is 1.75. The van der Waals surface area contributed by atoms with E-state index < -0.39 is 11.9 Å². The number of nitrogens with one attached hydrogen (secondary N) is 2. The predicted molar refractivity (Wildman–Crippen MR) is 55.1 cm³/mol. The molecule has 0 aromatic carbocycles. The van der Waals surface area contributed by atoms with Gasteiger partial charge in [-0.2, -0.15) is 12.6 Å². The van der Waals surface area contributed by atoms with E-state index in [0.717, 1.165) is 0 Å². The summed E-state index contributed by atoms with van der Waals surface area (Å²) < 4.78 is 0. The lowest BCUT2D eigenvalue weighted by Crippen LogP contribution is -2.48. The van der Waals surface area contributed by atoms with Gasteiger partial charge in [-0.15, -0.1) is 0 Å². The molecule has 0 aliphatic rings. The van der Waals surface area contributed by atoms with Crippen molar-refractivity contribution in [3.63, 3.8) is 0 Å². The molecule has 0 heterocycles. The fourth-order valence-corrected chi connectivity index (χ4v) is 1.03. The summed E-state index contributed by atoms with van der Waals surface area (Å²) in [6.07, 6.45) is 0. The summed E-state index contributed by atoms with van der Waals surface area (Å²) in [5.41, 5.74) is 0. The topological polar surface area (TPSA) is 75.3 Å². The first-order valence-electron chi connectivity index (χ1n) is 4.12. The molecule has 14 heavy (non-hydrogen) atoms. The summed E-state index contributed by atoms with van der Waals surface area (Å²) in [5.74, 6) is -0.643. The van der Waals surface area contributed by atoms with Gasteiger partial charge >= 0.3 is 0 Å². The number of Topliss-reactive ketones (excluding diaryl/α,β-unsaturated/α-hetero) is 1. The van der Waals surface area contributed by atoms with Gasteiger partial charge < -0.3 is 10.6 Å². The standard InChI is InChI=1S/C8H14N2O3S/c1-5(11)3-9-8(13)7(4-14)10-6(2)12/h7,14H,3-4H2,1-2H3,(H,9,13)(H,10,12)/t7-/m0/s1. The van der Waals surface area contributed by atoms with Crippen molar-refractivity contribution in [3.05, 3.63) is 0 Å². The maximum absolute atomic E-state index is 11.3. The van der Waals surface area contributed by atoms with Crippen molar-refractivity contribution in [2.24, 2.45) is 0 Å². The van der Waals surface area contributed by atoms with Crippen LogP contribution in [0.25, 0.3) is 0 Å². The number of rotatable bonds is 5. The molecule has 0 unspecified atom stereocenters. The quantitative estimate of drug-likeness (QED) is 0.525. The van der Waals surface area contributed by atoms with Crippen molar-refractivity contribution in [3.8, 4) is 0 Å². The van der Waals surface area contributed by atoms with E-state index in [1.165, 1.54) is 13.8 Å². The average Bonchev–Trinajstić information content (AvgIpc) is 2.09. The highest BCUT2D eigenvalue weighted by Crippen LogP contribution is 1.88. The Bertz CT molecular complexity index is 243. The molecule has 0 rings (SSSR count). The summed E-state index contributed by atoms with van der Waals surface area (Å²) in [4.78, 5) is 32.5. The predicted octanol–water partition coefficient (Wildman–Crippen LogP) is -0.874. The second-order valence-corrected chi connectivity index (χ2v) is 3.22. The summed E-state index contributed by atoms with van der Waals surface area (Å²) in [6.45, 7) is 2.66. The van der Waals surface area contributed by atoms with E-state index in [2.05, 4.69) is 23.3 Å². The van der Waals surface area contributed by atoms with E-state index >= 15 is 0 Å². The van der Waals surface area contributed by atoms with E-state index in [1.807, 2.05) is 0 Å². The van der Waals surface area contributed by atoms with E-state index in [1.54, 1.807) is 0 Å². The first kappa shape index (κ1) is 13.0. The lowest BCUT2D eigenvalue weighted by atomic mass is 10.3. The van der Waals surface area contributed by atoms with Crippen LogP contribution in [0, 0.1) is 0 Å². The van der Waals surface area contributed by atoms with Gasteiger partial charge in [0.2, 0.25) is 11.8 Å². The molecule has 0 aliphatic heterocycles. The molecule has 80 valence electrons. The van der Waals surface area contributed by atoms with Gasteiger partial charge in [0.1, 0.15) is 11.8 Å². The van der Waals surface area contributed by atoms with Gasteiger partial charge in [0, 0.05) is 12.7 Å². The Hall–Kier alpha value is -1.04. The third kappa shape index (κ3) is 5.58. The minimum Gasteiger partial charge on any atom is -0.347 e. The monoisotopic (exact) mass is 218 g/mol. The zero-order chi connectivity index (χ0) is 11.1. The molecule has 5 nitrogen and oxygen atoms in total. The number of carbonyl (C=O) groups excluding carboxylic acids is 3. The summed E-state index contributed by atoms with van der Waals surface area (Å²) >= 11 is 3.91. The Balaban J connectivity index is 4.04. The second kappa shape index (κ2) is 6.42. The van der Waals surface area contributed by atoms with Crippen LogP contribution in [-0.4, -0.2) is 35.9 Å². The highest BCUT2D eigenvalue weighted by Gasteiger charge is 2.17. The van der Waals surface area contributed by atoms with E-state index in [0.29, 0.717) is 0 Å². The number of thiol groups is 1. The Kier molecular flexibility index (Phi) is 5.94. The molecular formula is C8H14N2O3S.